The second-order valence-electron chi connectivity index (χ2n) is 5.67. The molecule has 0 spiro atoms. The van der Waals surface area contributed by atoms with Crippen LogP contribution in [-0.4, -0.2) is 45.3 Å². The number of aliphatic carboxylic acids is 1. The Morgan fingerprint density at radius 2 is 1.83 bits per heavy atom. The van der Waals surface area contributed by atoms with E-state index in [9.17, 15) is 14.4 Å². The Balaban J connectivity index is 2.89. The number of imide groups is 1. The summed E-state index contributed by atoms with van der Waals surface area (Å²) in [5.41, 5.74) is -0.134. The van der Waals surface area contributed by atoms with E-state index in [-0.39, 0.29) is 35.2 Å². The van der Waals surface area contributed by atoms with Crippen molar-refractivity contribution in [3.63, 3.8) is 0 Å². The molecule has 18 heavy (non-hydrogen) atoms. The van der Waals surface area contributed by atoms with E-state index in [0.717, 1.165) is 4.90 Å². The summed E-state index contributed by atoms with van der Waals surface area (Å²) in [6, 6.07) is -0.539. The first kappa shape index (κ1) is 15.0. The van der Waals surface area contributed by atoms with E-state index in [2.05, 4.69) is 0 Å². The molecule has 1 rings (SSSR count). The Morgan fingerprint density at radius 3 is 2.22 bits per heavy atom. The van der Waals surface area contributed by atoms with Crippen molar-refractivity contribution in [2.45, 2.75) is 39.7 Å². The van der Waals surface area contributed by atoms with Crippen molar-refractivity contribution in [1.82, 2.24) is 4.90 Å². The highest BCUT2D eigenvalue weighted by atomic mass is 32.2. The summed E-state index contributed by atoms with van der Waals surface area (Å²) in [6.45, 7) is 5.90. The zero-order chi connectivity index (χ0) is 13.9. The standard InChI is InChI=1S/C12H19NO4S/c1-12(2,3)5-8(4-11(16)17)13-9(14)6-18-7-10(13)15/h8H,4-7H2,1-3H3,(H,16,17). The van der Waals surface area contributed by atoms with E-state index >= 15 is 0 Å². The second-order valence-corrected chi connectivity index (χ2v) is 6.65. The third kappa shape index (κ3) is 4.33. The number of carbonyl (C=O) groups is 3. The molecular weight excluding hydrogens is 254 g/mol. The van der Waals surface area contributed by atoms with Crippen LogP contribution in [0.1, 0.15) is 33.6 Å². The SMILES string of the molecule is CC(C)(C)CC(CC(=O)O)N1C(=O)CSCC1=O. The minimum absolute atomic E-state index is 0.134. The predicted molar refractivity (Wildman–Crippen MR) is 69.3 cm³/mol. The maximum Gasteiger partial charge on any atom is 0.305 e. The lowest BCUT2D eigenvalue weighted by Crippen LogP contribution is -2.51. The number of thioether (sulfide) groups is 1. The van der Waals surface area contributed by atoms with Gasteiger partial charge >= 0.3 is 5.97 Å². The van der Waals surface area contributed by atoms with Crippen molar-refractivity contribution < 1.29 is 19.5 Å². The minimum atomic E-state index is -0.983. The van der Waals surface area contributed by atoms with Gasteiger partial charge in [0.25, 0.3) is 0 Å². The number of rotatable bonds is 4. The molecule has 1 aliphatic heterocycles. The Labute approximate surface area is 111 Å². The van der Waals surface area contributed by atoms with Crippen molar-refractivity contribution in [3.8, 4) is 0 Å². The van der Waals surface area contributed by atoms with Gasteiger partial charge in [0, 0.05) is 0 Å². The van der Waals surface area contributed by atoms with E-state index in [1.54, 1.807) is 0 Å². The first-order valence-corrected chi connectivity index (χ1v) is 7.00. The van der Waals surface area contributed by atoms with Gasteiger partial charge in [-0.25, -0.2) is 0 Å². The lowest BCUT2D eigenvalue weighted by Gasteiger charge is -2.35. The lowest BCUT2D eigenvalue weighted by atomic mass is 9.86. The van der Waals surface area contributed by atoms with Gasteiger partial charge in [-0.3, -0.25) is 19.3 Å². The first-order chi connectivity index (χ1) is 8.20. The van der Waals surface area contributed by atoms with E-state index in [4.69, 9.17) is 5.11 Å². The molecule has 0 saturated carbocycles. The van der Waals surface area contributed by atoms with E-state index < -0.39 is 12.0 Å². The Hall–Kier alpha value is -1.04. The van der Waals surface area contributed by atoms with Gasteiger partial charge in [0.05, 0.1) is 24.0 Å². The van der Waals surface area contributed by atoms with Crippen molar-refractivity contribution in [2.24, 2.45) is 5.41 Å². The summed E-state index contributed by atoms with van der Waals surface area (Å²) in [7, 11) is 0. The number of nitrogens with zero attached hydrogens (tertiary/aromatic N) is 1. The number of carboxylic acids is 1. The van der Waals surface area contributed by atoms with Gasteiger partial charge in [-0.1, -0.05) is 20.8 Å². The number of carbonyl (C=O) groups excluding carboxylic acids is 2. The molecule has 5 nitrogen and oxygen atoms in total. The molecule has 1 N–H and O–H groups in total. The summed E-state index contributed by atoms with van der Waals surface area (Å²) in [4.78, 5) is 35.7. The van der Waals surface area contributed by atoms with Gasteiger partial charge in [0.15, 0.2) is 0 Å². The summed E-state index contributed by atoms with van der Waals surface area (Å²) < 4.78 is 0. The van der Waals surface area contributed by atoms with Crippen LogP contribution in [0.2, 0.25) is 0 Å². The highest BCUT2D eigenvalue weighted by Crippen LogP contribution is 2.27. The van der Waals surface area contributed by atoms with Gasteiger partial charge in [0.1, 0.15) is 0 Å². The zero-order valence-corrected chi connectivity index (χ0v) is 11.7. The third-order valence-electron chi connectivity index (χ3n) is 2.61. The highest BCUT2D eigenvalue weighted by molar-refractivity contribution is 8.00. The van der Waals surface area contributed by atoms with E-state index in [0.29, 0.717) is 6.42 Å². The maximum atomic E-state index is 11.8. The fraction of sp³-hybridized carbons (Fsp3) is 0.750. The van der Waals surface area contributed by atoms with Gasteiger partial charge < -0.3 is 5.11 Å². The molecule has 6 heteroatoms. The maximum absolute atomic E-state index is 11.8. The Kier molecular flexibility index (Phi) is 4.78. The fourth-order valence-corrected chi connectivity index (χ4v) is 2.80. The average molecular weight is 273 g/mol. The van der Waals surface area contributed by atoms with E-state index in [1.165, 1.54) is 11.8 Å². The number of carboxylic acid groups (broad SMARTS) is 1. The largest absolute Gasteiger partial charge is 0.481 e. The molecule has 1 atom stereocenters. The van der Waals surface area contributed by atoms with Crippen LogP contribution < -0.4 is 0 Å². The molecule has 2 amide bonds. The Bertz CT molecular complexity index is 346. The molecule has 1 saturated heterocycles. The van der Waals surface area contributed by atoms with Crippen molar-refractivity contribution in [3.05, 3.63) is 0 Å². The molecule has 1 unspecified atom stereocenters. The van der Waals surface area contributed by atoms with Gasteiger partial charge in [0.2, 0.25) is 11.8 Å². The monoisotopic (exact) mass is 273 g/mol. The normalized spacial score (nSPS) is 18.9. The van der Waals surface area contributed by atoms with Gasteiger partial charge in [-0.2, -0.15) is 0 Å². The van der Waals surface area contributed by atoms with Crippen LogP contribution in [0.15, 0.2) is 0 Å². The number of hydrogen-bond donors (Lipinski definition) is 1. The van der Waals surface area contributed by atoms with Crippen molar-refractivity contribution >= 4 is 29.5 Å². The molecule has 0 aromatic heterocycles. The van der Waals surface area contributed by atoms with Gasteiger partial charge in [-0.05, 0) is 11.8 Å². The molecule has 0 radical (unpaired) electrons. The molecule has 1 fully saturated rings. The van der Waals surface area contributed by atoms with Crippen molar-refractivity contribution in [1.29, 1.82) is 0 Å². The molecule has 0 bridgehead atoms. The molecule has 1 aliphatic rings. The minimum Gasteiger partial charge on any atom is -0.481 e. The number of amides is 2. The van der Waals surface area contributed by atoms with Crippen LogP contribution in [0.25, 0.3) is 0 Å². The topological polar surface area (TPSA) is 74.7 Å². The molecule has 1 heterocycles. The van der Waals surface area contributed by atoms with Crippen LogP contribution in [0.5, 0.6) is 0 Å². The second kappa shape index (κ2) is 5.73. The van der Waals surface area contributed by atoms with Crippen LogP contribution in [0.4, 0.5) is 0 Å². The van der Waals surface area contributed by atoms with Crippen LogP contribution in [-0.2, 0) is 14.4 Å². The molecule has 102 valence electrons. The first-order valence-electron chi connectivity index (χ1n) is 5.85. The molecule has 0 aromatic carbocycles. The van der Waals surface area contributed by atoms with Crippen LogP contribution in [0, 0.1) is 5.41 Å². The molecule has 0 aliphatic carbocycles. The summed E-state index contributed by atoms with van der Waals surface area (Å²) in [5, 5.41) is 8.93. The molecular formula is C12H19NO4S. The lowest BCUT2D eigenvalue weighted by molar-refractivity contribution is -0.148. The fourth-order valence-electron chi connectivity index (χ4n) is 2.07. The third-order valence-corrected chi connectivity index (χ3v) is 3.51. The summed E-state index contributed by atoms with van der Waals surface area (Å²) in [5.74, 6) is -1.01. The van der Waals surface area contributed by atoms with Gasteiger partial charge in [-0.15, -0.1) is 11.8 Å². The van der Waals surface area contributed by atoms with Crippen LogP contribution >= 0.6 is 11.8 Å². The molecule has 0 aromatic rings. The highest BCUT2D eigenvalue weighted by Gasteiger charge is 2.35. The van der Waals surface area contributed by atoms with Crippen molar-refractivity contribution in [2.75, 3.05) is 11.5 Å². The summed E-state index contributed by atoms with van der Waals surface area (Å²) in [6.07, 6.45) is 0.320. The Morgan fingerprint density at radius 1 is 1.33 bits per heavy atom. The zero-order valence-electron chi connectivity index (χ0n) is 10.9. The van der Waals surface area contributed by atoms with Crippen LogP contribution in [0.3, 0.4) is 0 Å². The predicted octanol–water partition coefficient (Wildman–Crippen LogP) is 1.37. The van der Waals surface area contributed by atoms with E-state index in [1.807, 2.05) is 20.8 Å². The summed E-state index contributed by atoms with van der Waals surface area (Å²) >= 11 is 1.28. The quantitative estimate of drug-likeness (QED) is 0.783. The average Bonchev–Trinajstić information content (AvgIpc) is 2.13. The smallest absolute Gasteiger partial charge is 0.305 e. The number of hydrogen-bond acceptors (Lipinski definition) is 4.